The Morgan fingerprint density at radius 1 is 0.737 bits per heavy atom. The van der Waals surface area contributed by atoms with Gasteiger partial charge < -0.3 is 0 Å². The molecule has 0 radical (unpaired) electrons. The number of rotatable bonds is 6. The van der Waals surface area contributed by atoms with Crippen molar-refractivity contribution < 1.29 is 0 Å². The van der Waals surface area contributed by atoms with Gasteiger partial charge in [-0.2, -0.15) is 15.3 Å². The van der Waals surface area contributed by atoms with Gasteiger partial charge in [-0.3, -0.25) is 0 Å². The maximum atomic E-state index is 4.05. The lowest BCUT2D eigenvalue weighted by Gasteiger charge is -2.03. The van der Waals surface area contributed by atoms with E-state index in [-0.39, 0.29) is 0 Å². The van der Waals surface area contributed by atoms with Crippen molar-refractivity contribution in [1.29, 1.82) is 0 Å². The van der Waals surface area contributed by atoms with E-state index in [1.54, 1.807) is 18.6 Å². The minimum atomic E-state index is 0.350. The predicted octanol–water partition coefficient (Wildman–Crippen LogP) is 2.45. The Labute approximate surface area is 116 Å². The van der Waals surface area contributed by atoms with Crippen molar-refractivity contribution in [2.45, 2.75) is 41.5 Å². The molecule has 0 unspecified atom stereocenters. The molecule has 6 nitrogen and oxygen atoms in total. The smallest absolute Gasteiger partial charge is 0.245 e. The summed E-state index contributed by atoms with van der Waals surface area (Å²) in [7, 11) is 0. The van der Waals surface area contributed by atoms with Crippen LogP contribution in [0.25, 0.3) is 0 Å². The molecule has 0 aliphatic rings. The Morgan fingerprint density at radius 2 is 1.16 bits per heavy atom. The summed E-state index contributed by atoms with van der Waals surface area (Å²) in [4.78, 5) is 0. The molecule has 0 amide bonds. The molecule has 0 rings (SSSR count). The van der Waals surface area contributed by atoms with Crippen LogP contribution in [0.1, 0.15) is 41.5 Å². The van der Waals surface area contributed by atoms with E-state index in [4.69, 9.17) is 0 Å². The summed E-state index contributed by atoms with van der Waals surface area (Å²) in [5.74, 6) is 1.48. The fraction of sp³-hybridized carbons (Fsp3) is 0.692. The molecule has 0 fully saturated rings. The maximum absolute atomic E-state index is 4.05. The number of hydrogen-bond acceptors (Lipinski definition) is 4. The van der Waals surface area contributed by atoms with Gasteiger partial charge in [-0.05, 0) is 17.8 Å². The second kappa shape index (κ2) is 10.2. The predicted molar refractivity (Wildman–Crippen MR) is 83.7 cm³/mol. The molecule has 108 valence electrons. The van der Waals surface area contributed by atoms with Crippen LogP contribution in [0.3, 0.4) is 0 Å². The third-order valence-corrected chi connectivity index (χ3v) is 1.61. The highest BCUT2D eigenvalue weighted by Crippen LogP contribution is 1.87. The highest BCUT2D eigenvalue weighted by atomic mass is 15.5. The molecule has 0 saturated heterocycles. The first-order chi connectivity index (χ1) is 8.91. The van der Waals surface area contributed by atoms with Crippen LogP contribution in [0.4, 0.5) is 0 Å². The van der Waals surface area contributed by atoms with Crippen molar-refractivity contribution in [2.24, 2.45) is 38.2 Å². The summed E-state index contributed by atoms with van der Waals surface area (Å²) in [6, 6.07) is 0. The van der Waals surface area contributed by atoms with Crippen LogP contribution in [0, 0.1) is 17.8 Å². The lowest BCUT2D eigenvalue weighted by atomic mass is 10.3. The van der Waals surface area contributed by atoms with Gasteiger partial charge in [-0.15, -0.1) is 5.10 Å². The van der Waals surface area contributed by atoms with Gasteiger partial charge in [0, 0.05) is 18.6 Å². The zero-order valence-electron chi connectivity index (χ0n) is 12.8. The summed E-state index contributed by atoms with van der Waals surface area (Å²) in [6.07, 6.45) is 5.33. The molecule has 0 spiro atoms. The van der Waals surface area contributed by atoms with E-state index in [9.17, 15) is 0 Å². The highest BCUT2D eigenvalue weighted by molar-refractivity contribution is 5.81. The third kappa shape index (κ3) is 12.5. The summed E-state index contributed by atoms with van der Waals surface area (Å²) >= 11 is 0. The summed E-state index contributed by atoms with van der Waals surface area (Å²) in [5.41, 5.74) is 5.56. The number of hydrogen-bond donors (Lipinski definition) is 2. The minimum Gasteiger partial charge on any atom is -0.245 e. The normalized spacial score (nSPS) is 12.5. The first-order valence-corrected chi connectivity index (χ1v) is 6.61. The van der Waals surface area contributed by atoms with Crippen LogP contribution in [0.15, 0.2) is 20.4 Å². The van der Waals surface area contributed by atoms with Gasteiger partial charge in [0.1, 0.15) is 0 Å². The van der Waals surface area contributed by atoms with Gasteiger partial charge in [0.25, 0.3) is 5.96 Å². The van der Waals surface area contributed by atoms with Crippen molar-refractivity contribution in [3.63, 3.8) is 0 Å². The zero-order chi connectivity index (χ0) is 14.7. The van der Waals surface area contributed by atoms with E-state index in [2.05, 4.69) is 31.3 Å². The fourth-order valence-corrected chi connectivity index (χ4v) is 0.789. The van der Waals surface area contributed by atoms with E-state index < -0.39 is 0 Å². The molecule has 19 heavy (non-hydrogen) atoms. The molecule has 0 atom stereocenters. The molecule has 0 aromatic rings. The summed E-state index contributed by atoms with van der Waals surface area (Å²) in [5, 5.41) is 16.1. The quantitative estimate of drug-likeness (QED) is 0.440. The molecule has 0 aliphatic heterocycles. The summed E-state index contributed by atoms with van der Waals surface area (Å²) < 4.78 is 0. The van der Waals surface area contributed by atoms with E-state index in [0.717, 1.165) is 0 Å². The molecule has 6 heteroatoms. The van der Waals surface area contributed by atoms with Crippen LogP contribution in [-0.4, -0.2) is 24.6 Å². The largest absolute Gasteiger partial charge is 0.257 e. The first kappa shape index (κ1) is 17.3. The molecule has 0 bridgehead atoms. The molecular weight excluding hydrogens is 240 g/mol. The molecular formula is C13H26N6. The number of nitrogens with zero attached hydrogens (tertiary/aromatic N) is 4. The lowest BCUT2D eigenvalue weighted by molar-refractivity contribution is 0.837. The summed E-state index contributed by atoms with van der Waals surface area (Å²) in [6.45, 7) is 12.2. The Hall–Kier alpha value is -1.72. The Balaban J connectivity index is 4.54. The Bertz CT molecular complexity index is 317. The zero-order valence-corrected chi connectivity index (χ0v) is 12.8. The average molecular weight is 266 g/mol. The molecule has 0 aromatic heterocycles. The van der Waals surface area contributed by atoms with Gasteiger partial charge >= 0.3 is 0 Å². The van der Waals surface area contributed by atoms with Crippen molar-refractivity contribution in [3.8, 4) is 0 Å². The lowest BCUT2D eigenvalue weighted by Crippen LogP contribution is -2.30. The molecule has 0 aromatic carbocycles. The molecule has 0 aliphatic carbocycles. The van der Waals surface area contributed by atoms with Crippen molar-refractivity contribution in [1.82, 2.24) is 10.9 Å². The highest BCUT2D eigenvalue weighted by Gasteiger charge is 1.95. The second-order valence-corrected chi connectivity index (χ2v) is 5.23. The van der Waals surface area contributed by atoms with Crippen LogP contribution in [0.2, 0.25) is 0 Å². The first-order valence-electron chi connectivity index (χ1n) is 6.61. The number of hydrazone groups is 2. The average Bonchev–Trinajstić information content (AvgIpc) is 2.26. The monoisotopic (exact) mass is 266 g/mol. The third-order valence-electron chi connectivity index (χ3n) is 1.61. The van der Waals surface area contributed by atoms with Gasteiger partial charge in [0.2, 0.25) is 0 Å². The second-order valence-electron chi connectivity index (χ2n) is 5.23. The maximum Gasteiger partial charge on any atom is 0.257 e. The van der Waals surface area contributed by atoms with Crippen molar-refractivity contribution in [3.05, 3.63) is 0 Å². The van der Waals surface area contributed by atoms with Crippen LogP contribution in [-0.2, 0) is 0 Å². The van der Waals surface area contributed by atoms with Gasteiger partial charge in [0.15, 0.2) is 0 Å². The van der Waals surface area contributed by atoms with E-state index in [0.29, 0.717) is 23.7 Å². The number of guanidine groups is 1. The van der Waals surface area contributed by atoms with Crippen molar-refractivity contribution >= 4 is 24.6 Å². The van der Waals surface area contributed by atoms with Gasteiger partial charge in [-0.25, -0.2) is 10.9 Å². The Kier molecular flexibility index (Phi) is 9.30. The van der Waals surface area contributed by atoms with Crippen molar-refractivity contribution in [2.75, 3.05) is 0 Å². The van der Waals surface area contributed by atoms with Crippen LogP contribution >= 0.6 is 0 Å². The van der Waals surface area contributed by atoms with Crippen LogP contribution in [0.5, 0.6) is 0 Å². The van der Waals surface area contributed by atoms with E-state index in [1.807, 2.05) is 41.5 Å². The molecule has 2 N–H and O–H groups in total. The minimum absolute atomic E-state index is 0.350. The van der Waals surface area contributed by atoms with Gasteiger partial charge in [0.05, 0.1) is 0 Å². The van der Waals surface area contributed by atoms with Crippen LogP contribution < -0.4 is 10.9 Å². The Morgan fingerprint density at radius 3 is 1.53 bits per heavy atom. The van der Waals surface area contributed by atoms with Gasteiger partial charge in [-0.1, -0.05) is 41.5 Å². The number of nitrogens with one attached hydrogen (secondary N) is 2. The molecule has 0 heterocycles. The standard InChI is InChI=1S/C13H26N6/c1-10(2)7-14-17-13(18-15-8-11(3)4)19-16-9-12(5)6/h7-12H,1-6H3,(H2,17,18,19). The van der Waals surface area contributed by atoms with E-state index in [1.165, 1.54) is 0 Å². The fourth-order valence-electron chi connectivity index (χ4n) is 0.789. The van der Waals surface area contributed by atoms with E-state index >= 15 is 0 Å². The SMILES string of the molecule is CC(C)C=NN=C(NN=CC(C)C)NN=CC(C)C. The topological polar surface area (TPSA) is 73.5 Å². The molecule has 0 saturated carbocycles.